The van der Waals surface area contributed by atoms with Crippen LogP contribution >= 0.6 is 11.3 Å². The molecule has 0 bridgehead atoms. The van der Waals surface area contributed by atoms with Gasteiger partial charge >= 0.3 is 0 Å². The molecule has 2 aromatic carbocycles. The SMILES string of the molecule is CN=C(NCc1nccn1CCCc1ccccc1)NCC(O)c1cc2ccccc2s1. The molecule has 0 aliphatic rings. The molecular formula is C25H29N5OS. The Kier molecular flexibility index (Phi) is 7.53. The van der Waals surface area contributed by atoms with E-state index in [9.17, 15) is 5.11 Å². The number of aliphatic hydroxyl groups excluding tert-OH is 1. The first-order chi connectivity index (χ1) is 15.7. The Hall–Kier alpha value is -3.16. The fourth-order valence-electron chi connectivity index (χ4n) is 3.65. The number of nitrogens with one attached hydrogen (secondary N) is 2. The zero-order valence-corrected chi connectivity index (χ0v) is 19.1. The molecule has 6 nitrogen and oxygen atoms in total. The van der Waals surface area contributed by atoms with Crippen LogP contribution in [0.25, 0.3) is 10.1 Å². The quantitative estimate of drug-likeness (QED) is 0.266. The number of aliphatic hydroxyl groups is 1. The topological polar surface area (TPSA) is 74.5 Å². The number of benzene rings is 2. The van der Waals surface area contributed by atoms with Crippen LogP contribution in [-0.4, -0.2) is 34.2 Å². The number of hydrogen-bond donors (Lipinski definition) is 3. The number of guanidine groups is 1. The van der Waals surface area contributed by atoms with Crippen molar-refractivity contribution in [3.8, 4) is 0 Å². The first-order valence-electron chi connectivity index (χ1n) is 10.9. The van der Waals surface area contributed by atoms with Gasteiger partial charge in [0.05, 0.1) is 6.54 Å². The minimum atomic E-state index is -0.592. The molecule has 32 heavy (non-hydrogen) atoms. The molecule has 4 aromatic rings. The number of nitrogens with zero attached hydrogens (tertiary/aromatic N) is 3. The lowest BCUT2D eigenvalue weighted by Gasteiger charge is -2.15. The fourth-order valence-corrected chi connectivity index (χ4v) is 4.70. The van der Waals surface area contributed by atoms with Gasteiger partial charge in [0.1, 0.15) is 11.9 Å². The summed E-state index contributed by atoms with van der Waals surface area (Å²) in [6.45, 7) is 1.87. The smallest absolute Gasteiger partial charge is 0.191 e. The highest BCUT2D eigenvalue weighted by Gasteiger charge is 2.12. The van der Waals surface area contributed by atoms with E-state index in [2.05, 4.69) is 67.6 Å². The minimum Gasteiger partial charge on any atom is -0.386 e. The molecule has 1 unspecified atom stereocenters. The van der Waals surface area contributed by atoms with E-state index in [1.807, 2.05) is 30.6 Å². The molecule has 2 aromatic heterocycles. The van der Waals surface area contributed by atoms with Crippen LogP contribution in [-0.2, 0) is 19.5 Å². The summed E-state index contributed by atoms with van der Waals surface area (Å²) in [5, 5.41) is 18.3. The predicted molar refractivity (Wildman–Crippen MR) is 132 cm³/mol. The van der Waals surface area contributed by atoms with Gasteiger partial charge in [0, 0.05) is 42.1 Å². The second-order valence-electron chi connectivity index (χ2n) is 7.64. The number of thiophene rings is 1. The Morgan fingerprint density at radius 3 is 2.75 bits per heavy atom. The molecule has 0 aliphatic carbocycles. The van der Waals surface area contributed by atoms with Gasteiger partial charge in [-0.1, -0.05) is 48.5 Å². The molecule has 7 heteroatoms. The van der Waals surface area contributed by atoms with Crippen molar-refractivity contribution >= 4 is 27.4 Å². The highest BCUT2D eigenvalue weighted by molar-refractivity contribution is 7.19. The standard InChI is InChI=1S/C25H29N5OS/c1-26-25(28-17-21(31)23-16-20-11-5-6-12-22(20)32-23)29-18-24-27-13-15-30(24)14-7-10-19-8-3-2-4-9-19/h2-6,8-9,11-13,15-16,21,31H,7,10,14,17-18H2,1H3,(H2,26,28,29). The summed E-state index contributed by atoms with van der Waals surface area (Å²) in [4.78, 5) is 9.71. The maximum absolute atomic E-state index is 10.6. The van der Waals surface area contributed by atoms with Gasteiger partial charge in [0.2, 0.25) is 0 Å². The summed E-state index contributed by atoms with van der Waals surface area (Å²) < 4.78 is 3.36. The van der Waals surface area contributed by atoms with Gasteiger partial charge in [0.25, 0.3) is 0 Å². The average Bonchev–Trinajstić information content (AvgIpc) is 3.46. The van der Waals surface area contributed by atoms with Crippen molar-refractivity contribution in [1.29, 1.82) is 0 Å². The van der Waals surface area contributed by atoms with Crippen LogP contribution in [0.5, 0.6) is 0 Å². The number of aryl methyl sites for hydroxylation is 2. The third-order valence-electron chi connectivity index (χ3n) is 5.38. The van der Waals surface area contributed by atoms with Gasteiger partial charge in [-0.25, -0.2) is 4.98 Å². The van der Waals surface area contributed by atoms with Crippen molar-refractivity contribution in [3.63, 3.8) is 0 Å². The highest BCUT2D eigenvalue weighted by atomic mass is 32.1. The van der Waals surface area contributed by atoms with Crippen LogP contribution in [0.3, 0.4) is 0 Å². The number of aliphatic imine (C=N–C) groups is 1. The van der Waals surface area contributed by atoms with Crippen LogP contribution in [0.2, 0.25) is 0 Å². The van der Waals surface area contributed by atoms with Gasteiger partial charge in [-0.05, 0) is 35.9 Å². The number of rotatable bonds is 9. The lowest BCUT2D eigenvalue weighted by molar-refractivity contribution is 0.184. The lowest BCUT2D eigenvalue weighted by atomic mass is 10.1. The van der Waals surface area contributed by atoms with Gasteiger partial charge in [0.15, 0.2) is 5.96 Å². The first-order valence-corrected chi connectivity index (χ1v) is 11.7. The van der Waals surface area contributed by atoms with Crippen LogP contribution in [0.1, 0.15) is 28.8 Å². The van der Waals surface area contributed by atoms with Crippen LogP contribution in [0.15, 0.2) is 78.0 Å². The summed E-state index contributed by atoms with van der Waals surface area (Å²) in [5.41, 5.74) is 1.36. The molecular weight excluding hydrogens is 418 g/mol. The molecule has 0 fully saturated rings. The van der Waals surface area contributed by atoms with Crippen molar-refractivity contribution < 1.29 is 5.11 Å². The molecule has 4 rings (SSSR count). The van der Waals surface area contributed by atoms with Crippen molar-refractivity contribution in [3.05, 3.63) is 89.3 Å². The average molecular weight is 448 g/mol. The summed E-state index contributed by atoms with van der Waals surface area (Å²) in [5.74, 6) is 1.61. The minimum absolute atomic E-state index is 0.387. The Morgan fingerprint density at radius 2 is 1.94 bits per heavy atom. The van der Waals surface area contributed by atoms with E-state index in [1.54, 1.807) is 18.4 Å². The monoisotopic (exact) mass is 447 g/mol. The Morgan fingerprint density at radius 1 is 1.12 bits per heavy atom. The predicted octanol–water partition coefficient (Wildman–Crippen LogP) is 4.13. The van der Waals surface area contributed by atoms with Crippen LogP contribution in [0.4, 0.5) is 0 Å². The molecule has 166 valence electrons. The Labute approximate surface area is 192 Å². The molecule has 0 saturated carbocycles. The van der Waals surface area contributed by atoms with E-state index in [1.165, 1.54) is 10.3 Å². The Balaban J connectivity index is 1.25. The van der Waals surface area contributed by atoms with E-state index < -0.39 is 6.10 Å². The van der Waals surface area contributed by atoms with Gasteiger partial charge < -0.3 is 20.3 Å². The molecule has 0 amide bonds. The molecule has 1 atom stereocenters. The summed E-state index contributed by atoms with van der Waals surface area (Å²) >= 11 is 1.62. The number of imidazole rings is 1. The van der Waals surface area contributed by atoms with Gasteiger partial charge in [-0.15, -0.1) is 11.3 Å². The normalized spacial score (nSPS) is 12.8. The maximum atomic E-state index is 10.6. The largest absolute Gasteiger partial charge is 0.386 e. The summed E-state index contributed by atoms with van der Waals surface area (Å²) in [6.07, 6.45) is 5.36. The molecule has 2 heterocycles. The summed E-state index contributed by atoms with van der Waals surface area (Å²) in [6, 6.07) is 20.8. The van der Waals surface area contributed by atoms with E-state index >= 15 is 0 Å². The van der Waals surface area contributed by atoms with Crippen molar-refractivity contribution in [1.82, 2.24) is 20.2 Å². The van der Waals surface area contributed by atoms with Gasteiger partial charge in [-0.2, -0.15) is 0 Å². The second-order valence-corrected chi connectivity index (χ2v) is 8.75. The number of hydrogen-bond acceptors (Lipinski definition) is 4. The second kappa shape index (κ2) is 10.9. The van der Waals surface area contributed by atoms with Gasteiger partial charge in [-0.3, -0.25) is 4.99 Å². The highest BCUT2D eigenvalue weighted by Crippen LogP contribution is 2.29. The van der Waals surface area contributed by atoms with E-state index in [0.717, 1.165) is 35.5 Å². The third kappa shape index (κ3) is 5.75. The molecule has 0 spiro atoms. The zero-order chi connectivity index (χ0) is 22.2. The fraction of sp³-hybridized carbons (Fsp3) is 0.280. The Bertz CT molecular complexity index is 1120. The van der Waals surface area contributed by atoms with E-state index in [-0.39, 0.29) is 0 Å². The third-order valence-corrected chi connectivity index (χ3v) is 6.60. The maximum Gasteiger partial charge on any atom is 0.191 e. The molecule has 3 N–H and O–H groups in total. The number of fused-ring (bicyclic) bond motifs is 1. The molecule has 0 saturated heterocycles. The molecule has 0 radical (unpaired) electrons. The molecule has 0 aliphatic heterocycles. The van der Waals surface area contributed by atoms with Crippen molar-refractivity contribution in [2.24, 2.45) is 4.99 Å². The lowest BCUT2D eigenvalue weighted by Crippen LogP contribution is -2.39. The van der Waals surface area contributed by atoms with Crippen LogP contribution < -0.4 is 10.6 Å². The number of aromatic nitrogens is 2. The van der Waals surface area contributed by atoms with Crippen LogP contribution in [0, 0.1) is 0 Å². The van der Waals surface area contributed by atoms with E-state index in [0.29, 0.717) is 19.0 Å². The van der Waals surface area contributed by atoms with Crippen molar-refractivity contribution in [2.75, 3.05) is 13.6 Å². The zero-order valence-electron chi connectivity index (χ0n) is 18.2. The first kappa shape index (κ1) is 22.0. The summed E-state index contributed by atoms with van der Waals surface area (Å²) in [7, 11) is 1.73. The van der Waals surface area contributed by atoms with E-state index in [4.69, 9.17) is 0 Å². The van der Waals surface area contributed by atoms with Crippen molar-refractivity contribution in [2.45, 2.75) is 32.0 Å².